The maximum absolute atomic E-state index is 11.4. The number of hydrogen-bond acceptors (Lipinski definition) is 3. The summed E-state index contributed by atoms with van der Waals surface area (Å²) in [4.78, 5) is 14.5. The van der Waals surface area contributed by atoms with Gasteiger partial charge in [-0.1, -0.05) is 0 Å². The van der Waals surface area contributed by atoms with Crippen molar-refractivity contribution in [1.29, 1.82) is 0 Å². The summed E-state index contributed by atoms with van der Waals surface area (Å²) >= 11 is 5.05. The molecule has 5 heteroatoms. The molecule has 2 rings (SSSR count). The van der Waals surface area contributed by atoms with Crippen molar-refractivity contribution in [3.05, 3.63) is 20.8 Å². The van der Waals surface area contributed by atoms with Gasteiger partial charge in [-0.15, -0.1) is 11.3 Å². The highest BCUT2D eigenvalue weighted by atomic mass is 79.9. The van der Waals surface area contributed by atoms with Gasteiger partial charge in [0, 0.05) is 4.88 Å². The van der Waals surface area contributed by atoms with Gasteiger partial charge < -0.3 is 10.0 Å². The lowest BCUT2D eigenvalue weighted by Crippen LogP contribution is -2.33. The van der Waals surface area contributed by atoms with E-state index in [9.17, 15) is 9.90 Å². The van der Waals surface area contributed by atoms with Crippen molar-refractivity contribution in [3.8, 4) is 0 Å². The summed E-state index contributed by atoms with van der Waals surface area (Å²) in [5.74, 6) is -0.671. The SMILES string of the molecule is CN(C)C(c1ccc(Br)s1)C1(C(=O)O)CC1. The van der Waals surface area contributed by atoms with Crippen molar-refractivity contribution in [2.24, 2.45) is 5.41 Å². The highest BCUT2D eigenvalue weighted by Gasteiger charge is 2.57. The van der Waals surface area contributed by atoms with E-state index >= 15 is 0 Å². The summed E-state index contributed by atoms with van der Waals surface area (Å²) in [6, 6.07) is 3.98. The number of hydrogen-bond donors (Lipinski definition) is 1. The Labute approximate surface area is 107 Å². The molecule has 3 nitrogen and oxygen atoms in total. The molecule has 1 aliphatic rings. The van der Waals surface area contributed by atoms with Gasteiger partial charge in [-0.3, -0.25) is 4.79 Å². The molecular formula is C11H14BrNO2S. The summed E-state index contributed by atoms with van der Waals surface area (Å²) in [5, 5.41) is 9.36. The number of carboxylic acids is 1. The zero-order valence-electron chi connectivity index (χ0n) is 9.24. The van der Waals surface area contributed by atoms with Crippen molar-refractivity contribution in [2.45, 2.75) is 18.9 Å². The Balaban J connectivity index is 2.35. The Bertz CT molecular complexity index is 412. The van der Waals surface area contributed by atoms with Gasteiger partial charge >= 0.3 is 5.97 Å². The molecule has 1 aromatic rings. The third kappa shape index (κ3) is 1.92. The number of nitrogens with zero attached hydrogens (tertiary/aromatic N) is 1. The molecule has 0 bridgehead atoms. The zero-order valence-corrected chi connectivity index (χ0v) is 11.6. The topological polar surface area (TPSA) is 40.5 Å². The fraction of sp³-hybridized carbons (Fsp3) is 0.545. The number of rotatable bonds is 4. The highest BCUT2D eigenvalue weighted by molar-refractivity contribution is 9.11. The van der Waals surface area contributed by atoms with Crippen molar-refractivity contribution >= 4 is 33.2 Å². The second-order valence-electron chi connectivity index (χ2n) is 4.47. The number of carboxylic acid groups (broad SMARTS) is 1. The number of carbonyl (C=O) groups is 1. The molecule has 0 amide bonds. The van der Waals surface area contributed by atoms with Gasteiger partial charge in [0.25, 0.3) is 0 Å². The standard InChI is InChI=1S/C11H14BrNO2S/c1-13(2)9(7-3-4-8(12)16-7)11(5-6-11)10(14)15/h3-4,9H,5-6H2,1-2H3,(H,14,15). The first-order valence-electron chi connectivity index (χ1n) is 5.12. The molecule has 1 fully saturated rings. The fourth-order valence-electron chi connectivity index (χ4n) is 2.24. The molecule has 0 aliphatic heterocycles. The van der Waals surface area contributed by atoms with Crippen molar-refractivity contribution in [3.63, 3.8) is 0 Å². The van der Waals surface area contributed by atoms with Crippen LogP contribution in [0.1, 0.15) is 23.8 Å². The van der Waals surface area contributed by atoms with Crippen LogP contribution in [0.3, 0.4) is 0 Å². The van der Waals surface area contributed by atoms with E-state index in [1.54, 1.807) is 11.3 Å². The van der Waals surface area contributed by atoms with Crippen LogP contribution in [0.25, 0.3) is 0 Å². The van der Waals surface area contributed by atoms with Crippen LogP contribution in [0.5, 0.6) is 0 Å². The largest absolute Gasteiger partial charge is 0.481 e. The third-order valence-corrected chi connectivity index (χ3v) is 4.79. The van der Waals surface area contributed by atoms with Crippen LogP contribution in [0, 0.1) is 5.41 Å². The molecule has 1 atom stereocenters. The van der Waals surface area contributed by atoms with Crippen LogP contribution in [0.15, 0.2) is 15.9 Å². The molecule has 1 aliphatic carbocycles. The Morgan fingerprint density at radius 2 is 2.19 bits per heavy atom. The van der Waals surface area contributed by atoms with Crippen molar-refractivity contribution < 1.29 is 9.90 Å². The average Bonchev–Trinajstić information content (AvgIpc) is 2.85. The van der Waals surface area contributed by atoms with E-state index in [0.717, 1.165) is 21.5 Å². The van der Waals surface area contributed by atoms with Gasteiger partial charge in [-0.25, -0.2) is 0 Å². The summed E-state index contributed by atoms with van der Waals surface area (Å²) < 4.78 is 1.05. The minimum atomic E-state index is -0.671. The predicted molar refractivity (Wildman–Crippen MR) is 67.7 cm³/mol. The molecule has 0 aromatic carbocycles. The lowest BCUT2D eigenvalue weighted by molar-refractivity contribution is -0.146. The van der Waals surface area contributed by atoms with E-state index in [1.165, 1.54) is 0 Å². The molecule has 16 heavy (non-hydrogen) atoms. The lowest BCUT2D eigenvalue weighted by Gasteiger charge is -2.29. The van der Waals surface area contributed by atoms with Crippen LogP contribution in [-0.4, -0.2) is 30.1 Å². The van der Waals surface area contributed by atoms with E-state index in [2.05, 4.69) is 15.9 Å². The highest BCUT2D eigenvalue weighted by Crippen LogP contribution is 2.58. The lowest BCUT2D eigenvalue weighted by atomic mass is 9.94. The monoisotopic (exact) mass is 303 g/mol. The van der Waals surface area contributed by atoms with Gasteiger partial charge in [0.05, 0.1) is 15.2 Å². The Kier molecular flexibility index (Phi) is 3.11. The van der Waals surface area contributed by atoms with Crippen LogP contribution < -0.4 is 0 Å². The van der Waals surface area contributed by atoms with E-state index < -0.39 is 11.4 Å². The molecule has 0 saturated heterocycles. The average molecular weight is 304 g/mol. The first kappa shape index (κ1) is 12.1. The molecule has 1 N–H and O–H groups in total. The summed E-state index contributed by atoms with van der Waals surface area (Å²) in [5.41, 5.74) is -0.562. The predicted octanol–water partition coefficient (Wildman–Crippen LogP) is 2.98. The Hall–Kier alpha value is -0.390. The smallest absolute Gasteiger partial charge is 0.311 e. The van der Waals surface area contributed by atoms with Gasteiger partial charge in [0.15, 0.2) is 0 Å². The molecular weight excluding hydrogens is 290 g/mol. The van der Waals surface area contributed by atoms with Crippen LogP contribution in [0.2, 0.25) is 0 Å². The molecule has 0 spiro atoms. The zero-order chi connectivity index (χ0) is 11.9. The normalized spacial score (nSPS) is 19.8. The van der Waals surface area contributed by atoms with E-state index in [0.29, 0.717) is 0 Å². The molecule has 88 valence electrons. The summed E-state index contributed by atoms with van der Waals surface area (Å²) in [6.45, 7) is 0. The molecule has 1 saturated carbocycles. The Morgan fingerprint density at radius 1 is 1.56 bits per heavy atom. The Morgan fingerprint density at radius 3 is 2.50 bits per heavy atom. The third-order valence-electron chi connectivity index (χ3n) is 3.12. The maximum Gasteiger partial charge on any atom is 0.311 e. The first-order chi connectivity index (χ1) is 7.47. The molecule has 1 aromatic heterocycles. The number of thiophene rings is 1. The molecule has 1 unspecified atom stereocenters. The van der Waals surface area contributed by atoms with Crippen LogP contribution >= 0.6 is 27.3 Å². The van der Waals surface area contributed by atoms with Gasteiger partial charge in [0.2, 0.25) is 0 Å². The number of aliphatic carboxylic acids is 1. The van der Waals surface area contributed by atoms with E-state index in [1.807, 2.05) is 31.1 Å². The van der Waals surface area contributed by atoms with Crippen molar-refractivity contribution in [2.75, 3.05) is 14.1 Å². The summed E-state index contributed by atoms with van der Waals surface area (Å²) in [7, 11) is 3.89. The first-order valence-corrected chi connectivity index (χ1v) is 6.73. The van der Waals surface area contributed by atoms with Gasteiger partial charge in [-0.05, 0) is 55.0 Å². The van der Waals surface area contributed by atoms with Crippen LogP contribution in [0.4, 0.5) is 0 Å². The minimum Gasteiger partial charge on any atom is -0.481 e. The second kappa shape index (κ2) is 4.13. The summed E-state index contributed by atoms with van der Waals surface area (Å²) in [6.07, 6.45) is 1.56. The second-order valence-corrected chi connectivity index (χ2v) is 6.96. The van der Waals surface area contributed by atoms with Gasteiger partial charge in [0.1, 0.15) is 0 Å². The van der Waals surface area contributed by atoms with Crippen LogP contribution in [-0.2, 0) is 4.79 Å². The van der Waals surface area contributed by atoms with Crippen molar-refractivity contribution in [1.82, 2.24) is 4.90 Å². The van der Waals surface area contributed by atoms with E-state index in [-0.39, 0.29) is 6.04 Å². The number of halogens is 1. The maximum atomic E-state index is 11.4. The van der Waals surface area contributed by atoms with Gasteiger partial charge in [-0.2, -0.15) is 0 Å². The fourth-order valence-corrected chi connectivity index (χ4v) is 3.97. The quantitative estimate of drug-likeness (QED) is 0.929. The minimum absolute atomic E-state index is 0.0127. The molecule has 1 heterocycles. The molecule has 0 radical (unpaired) electrons. The van der Waals surface area contributed by atoms with E-state index in [4.69, 9.17) is 0 Å².